The average Bonchev–Trinajstić information content (AvgIpc) is 2.62. The van der Waals surface area contributed by atoms with Gasteiger partial charge in [-0.15, -0.1) is 0 Å². The molecule has 0 aliphatic carbocycles. The van der Waals surface area contributed by atoms with Gasteiger partial charge in [-0.25, -0.2) is 0 Å². The summed E-state index contributed by atoms with van der Waals surface area (Å²) in [7, 11) is 3.04. The number of hydrogen-bond donors (Lipinski definition) is 0. The van der Waals surface area contributed by atoms with Gasteiger partial charge in [-0.2, -0.15) is 0 Å². The molecule has 0 radical (unpaired) electrons. The van der Waals surface area contributed by atoms with E-state index in [0.717, 1.165) is 11.1 Å². The summed E-state index contributed by atoms with van der Waals surface area (Å²) in [6.45, 7) is 4.39. The van der Waals surface area contributed by atoms with Crippen LogP contribution in [0.4, 0.5) is 5.69 Å². The molecule has 0 aliphatic rings. The van der Waals surface area contributed by atoms with E-state index in [1.807, 2.05) is 31.2 Å². The average molecular weight is 358 g/mol. The maximum absolute atomic E-state index is 12.8. The van der Waals surface area contributed by atoms with Crippen molar-refractivity contribution < 1.29 is 19.2 Å². The molecule has 0 unspecified atom stereocenters. The second-order valence-electron chi connectivity index (χ2n) is 5.80. The van der Waals surface area contributed by atoms with E-state index < -0.39 is 10.8 Å². The van der Waals surface area contributed by atoms with Crippen LogP contribution < -0.4 is 9.47 Å². The normalized spacial score (nSPS) is 10.3. The molecule has 0 fully saturated rings. The third-order valence-electron chi connectivity index (χ3n) is 4.02. The summed E-state index contributed by atoms with van der Waals surface area (Å²) in [5.41, 5.74) is 1.68. The van der Waals surface area contributed by atoms with Crippen LogP contribution in [0.2, 0.25) is 0 Å². The van der Waals surface area contributed by atoms with Crippen LogP contribution in [0.15, 0.2) is 36.4 Å². The maximum atomic E-state index is 12.8. The smallest absolute Gasteiger partial charge is 0.286 e. The molecule has 0 heterocycles. The van der Waals surface area contributed by atoms with Gasteiger partial charge in [-0.3, -0.25) is 14.9 Å². The molecule has 7 nitrogen and oxygen atoms in total. The molecule has 2 aromatic rings. The van der Waals surface area contributed by atoms with E-state index in [1.54, 1.807) is 14.0 Å². The van der Waals surface area contributed by atoms with Crippen molar-refractivity contribution in [2.75, 3.05) is 20.8 Å². The number of nitro benzene ring substituents is 1. The van der Waals surface area contributed by atoms with Gasteiger partial charge in [0.2, 0.25) is 0 Å². The Kier molecular flexibility index (Phi) is 6.16. The lowest BCUT2D eigenvalue weighted by molar-refractivity contribution is -0.385. The highest BCUT2D eigenvalue weighted by atomic mass is 16.6. The first-order valence-electron chi connectivity index (χ1n) is 8.18. The molecular weight excluding hydrogens is 336 g/mol. The highest BCUT2D eigenvalue weighted by Gasteiger charge is 2.27. The third-order valence-corrected chi connectivity index (χ3v) is 4.02. The van der Waals surface area contributed by atoms with Crippen LogP contribution >= 0.6 is 0 Å². The van der Waals surface area contributed by atoms with E-state index in [2.05, 4.69) is 0 Å². The Morgan fingerprint density at radius 2 is 1.92 bits per heavy atom. The Morgan fingerprint density at radius 1 is 1.23 bits per heavy atom. The number of nitro groups is 1. The van der Waals surface area contributed by atoms with Gasteiger partial charge in [0.05, 0.1) is 24.7 Å². The van der Waals surface area contributed by atoms with Crippen molar-refractivity contribution in [3.8, 4) is 11.5 Å². The summed E-state index contributed by atoms with van der Waals surface area (Å²) in [6, 6.07) is 10.3. The highest BCUT2D eigenvalue weighted by Crippen LogP contribution is 2.35. The maximum Gasteiger partial charge on any atom is 0.286 e. The number of rotatable bonds is 7. The minimum atomic E-state index is -0.587. The fraction of sp³-hybridized carbons (Fsp3) is 0.316. The predicted molar refractivity (Wildman–Crippen MR) is 97.8 cm³/mol. The van der Waals surface area contributed by atoms with Crippen LogP contribution in [0.1, 0.15) is 28.4 Å². The molecule has 0 saturated heterocycles. The lowest BCUT2D eigenvalue weighted by Gasteiger charge is -2.19. The van der Waals surface area contributed by atoms with Gasteiger partial charge in [-0.05, 0) is 25.0 Å². The van der Waals surface area contributed by atoms with Crippen molar-refractivity contribution >= 4 is 11.6 Å². The number of ether oxygens (including phenoxy) is 2. The molecule has 0 aliphatic heterocycles. The first kappa shape index (κ1) is 19.2. The minimum Gasteiger partial charge on any atom is -0.493 e. The monoisotopic (exact) mass is 358 g/mol. The first-order valence-corrected chi connectivity index (χ1v) is 8.18. The summed E-state index contributed by atoms with van der Waals surface area (Å²) in [4.78, 5) is 25.2. The van der Waals surface area contributed by atoms with Gasteiger partial charge in [-0.1, -0.05) is 24.3 Å². The molecule has 138 valence electrons. The molecule has 26 heavy (non-hydrogen) atoms. The van der Waals surface area contributed by atoms with Gasteiger partial charge in [0.1, 0.15) is 5.56 Å². The highest BCUT2D eigenvalue weighted by molar-refractivity contribution is 5.99. The number of amides is 1. The van der Waals surface area contributed by atoms with E-state index in [0.29, 0.717) is 13.2 Å². The van der Waals surface area contributed by atoms with E-state index in [-0.39, 0.29) is 22.7 Å². The fourth-order valence-corrected chi connectivity index (χ4v) is 2.62. The van der Waals surface area contributed by atoms with Crippen molar-refractivity contribution in [3.05, 3.63) is 63.2 Å². The zero-order valence-electron chi connectivity index (χ0n) is 15.3. The number of nitrogens with zero attached hydrogens (tertiary/aromatic N) is 2. The Balaban J connectivity index is 2.40. The van der Waals surface area contributed by atoms with Crippen molar-refractivity contribution in [2.45, 2.75) is 20.4 Å². The molecule has 0 N–H and O–H groups in total. The lowest BCUT2D eigenvalue weighted by Crippen LogP contribution is -2.27. The molecular formula is C19H22N2O5. The van der Waals surface area contributed by atoms with Crippen LogP contribution in [-0.2, 0) is 6.54 Å². The lowest BCUT2D eigenvalue weighted by atomic mass is 10.1. The molecule has 0 saturated carbocycles. The zero-order chi connectivity index (χ0) is 19.3. The minimum absolute atomic E-state index is 0.0358. The predicted octanol–water partition coefficient (Wildman–Crippen LogP) is 3.58. The summed E-state index contributed by atoms with van der Waals surface area (Å²) in [5, 5.41) is 11.5. The van der Waals surface area contributed by atoms with Crippen LogP contribution in [0, 0.1) is 17.0 Å². The number of methoxy groups -OCH3 is 1. The van der Waals surface area contributed by atoms with Crippen molar-refractivity contribution in [1.82, 2.24) is 4.90 Å². The Labute approximate surface area is 152 Å². The summed E-state index contributed by atoms with van der Waals surface area (Å²) in [5.74, 6) is 0.0613. The van der Waals surface area contributed by atoms with E-state index in [9.17, 15) is 14.9 Å². The van der Waals surface area contributed by atoms with Gasteiger partial charge in [0, 0.05) is 19.7 Å². The number of carbonyl (C=O) groups excluding carboxylic acids is 1. The summed E-state index contributed by atoms with van der Waals surface area (Å²) in [6.07, 6.45) is 0. The molecule has 2 rings (SSSR count). The number of benzene rings is 2. The van der Waals surface area contributed by atoms with Crippen LogP contribution in [0.3, 0.4) is 0 Å². The van der Waals surface area contributed by atoms with Gasteiger partial charge >= 0.3 is 0 Å². The molecule has 0 bridgehead atoms. The van der Waals surface area contributed by atoms with E-state index in [1.165, 1.54) is 24.1 Å². The summed E-state index contributed by atoms with van der Waals surface area (Å²) >= 11 is 0. The second kappa shape index (κ2) is 8.33. The Hall–Kier alpha value is -3.09. The first-order chi connectivity index (χ1) is 12.4. The number of hydrogen-bond acceptors (Lipinski definition) is 5. The molecule has 0 spiro atoms. The SMILES string of the molecule is CCOc1cc([N+](=O)[O-])c(C(=O)N(C)Cc2ccccc2C)cc1OC. The number of carbonyl (C=O) groups is 1. The second-order valence-corrected chi connectivity index (χ2v) is 5.80. The Morgan fingerprint density at radius 3 is 2.50 bits per heavy atom. The topological polar surface area (TPSA) is 81.9 Å². The third kappa shape index (κ3) is 4.11. The Bertz CT molecular complexity index is 820. The van der Waals surface area contributed by atoms with Gasteiger partial charge in [0.25, 0.3) is 11.6 Å². The van der Waals surface area contributed by atoms with Crippen LogP contribution in [-0.4, -0.2) is 36.5 Å². The number of aryl methyl sites for hydroxylation is 1. The quantitative estimate of drug-likeness (QED) is 0.558. The van der Waals surface area contributed by atoms with Crippen LogP contribution in [0.5, 0.6) is 11.5 Å². The largest absolute Gasteiger partial charge is 0.493 e. The summed E-state index contributed by atoms with van der Waals surface area (Å²) < 4.78 is 10.6. The van der Waals surface area contributed by atoms with E-state index >= 15 is 0 Å². The molecule has 2 aromatic carbocycles. The standard InChI is InChI=1S/C19H22N2O5/c1-5-26-18-11-16(21(23)24)15(10-17(18)25-4)19(22)20(3)12-14-9-7-6-8-13(14)2/h6-11H,5,12H2,1-4H3. The fourth-order valence-electron chi connectivity index (χ4n) is 2.62. The van der Waals surface area contributed by atoms with Gasteiger partial charge in [0.15, 0.2) is 11.5 Å². The molecule has 7 heteroatoms. The van der Waals surface area contributed by atoms with Gasteiger partial charge < -0.3 is 14.4 Å². The van der Waals surface area contributed by atoms with E-state index in [4.69, 9.17) is 9.47 Å². The molecule has 0 atom stereocenters. The van der Waals surface area contributed by atoms with Crippen LogP contribution in [0.25, 0.3) is 0 Å². The van der Waals surface area contributed by atoms with Crippen molar-refractivity contribution in [3.63, 3.8) is 0 Å². The zero-order valence-corrected chi connectivity index (χ0v) is 15.3. The van der Waals surface area contributed by atoms with Crippen molar-refractivity contribution in [1.29, 1.82) is 0 Å². The molecule has 1 amide bonds. The molecule has 0 aromatic heterocycles. The van der Waals surface area contributed by atoms with Crippen molar-refractivity contribution in [2.24, 2.45) is 0 Å².